The van der Waals surface area contributed by atoms with Gasteiger partial charge in [-0.25, -0.2) is 9.37 Å². The summed E-state index contributed by atoms with van der Waals surface area (Å²) in [4.78, 5) is 51.9. The first-order valence-electron chi connectivity index (χ1n) is 15.0. The first-order chi connectivity index (χ1) is 21.8. The van der Waals surface area contributed by atoms with Crippen LogP contribution >= 0.6 is 0 Å². The number of Topliss-reactive ketones (excluding diaryl/α,β-unsaturated/α-hetero) is 1. The average Bonchev–Trinajstić information content (AvgIpc) is 3.76. The lowest BCUT2D eigenvalue weighted by atomic mass is 10.0. The fraction of sp³-hybridized carbons (Fsp3) is 0.286. The normalized spacial score (nSPS) is 18.2. The molecular weight excluding hydrogens is 571 g/mol. The number of carbonyl (C=O) groups excluding carboxylic acids is 3. The number of ketones is 1. The van der Waals surface area contributed by atoms with Crippen LogP contribution in [0.4, 0.5) is 15.9 Å². The Balaban J connectivity index is 1.22. The lowest BCUT2D eigenvalue weighted by molar-refractivity contribution is -0.137. The van der Waals surface area contributed by atoms with Gasteiger partial charge in [0.2, 0.25) is 11.8 Å². The molecule has 0 radical (unpaired) electrons. The predicted molar refractivity (Wildman–Crippen MR) is 174 cm³/mol. The first-order valence-corrected chi connectivity index (χ1v) is 15.0. The van der Waals surface area contributed by atoms with Gasteiger partial charge in [-0.05, 0) is 66.4 Å². The van der Waals surface area contributed by atoms with Crippen LogP contribution in [0, 0.1) is 0 Å². The summed E-state index contributed by atoms with van der Waals surface area (Å²) in [5.74, 6) is -0.0966. The number of aromatic nitrogens is 2. The topological polar surface area (TPSA) is 99.9 Å². The number of hydrogen-bond donors (Lipinski definition) is 1. The number of fused-ring (bicyclic) bond motifs is 2. The van der Waals surface area contributed by atoms with Gasteiger partial charge in [0.05, 0.1) is 6.54 Å². The van der Waals surface area contributed by atoms with E-state index in [-0.39, 0.29) is 25.3 Å². The number of allylic oxidation sites excluding steroid dienone is 2. The van der Waals surface area contributed by atoms with E-state index in [2.05, 4.69) is 20.2 Å². The number of amides is 2. The second kappa shape index (κ2) is 12.5. The van der Waals surface area contributed by atoms with Crippen LogP contribution in [0.25, 0.3) is 16.5 Å². The Morgan fingerprint density at radius 1 is 1.11 bits per heavy atom. The van der Waals surface area contributed by atoms with Gasteiger partial charge in [-0.1, -0.05) is 30.3 Å². The minimum absolute atomic E-state index is 0.0771. The van der Waals surface area contributed by atoms with Crippen LogP contribution in [0.15, 0.2) is 78.1 Å². The van der Waals surface area contributed by atoms with Gasteiger partial charge in [0.15, 0.2) is 5.78 Å². The Bertz CT molecular complexity index is 1850. The van der Waals surface area contributed by atoms with Crippen LogP contribution in [-0.2, 0) is 29.2 Å². The predicted octanol–water partition coefficient (Wildman–Crippen LogP) is 5.44. The number of rotatable bonds is 8. The van der Waals surface area contributed by atoms with Crippen molar-refractivity contribution in [2.45, 2.75) is 52.1 Å². The molecule has 9 nitrogen and oxygen atoms in total. The second-order valence-corrected chi connectivity index (χ2v) is 11.5. The lowest BCUT2D eigenvalue weighted by Gasteiger charge is -2.24. The van der Waals surface area contributed by atoms with Gasteiger partial charge < -0.3 is 19.7 Å². The molecule has 0 saturated carbocycles. The van der Waals surface area contributed by atoms with Gasteiger partial charge in [-0.3, -0.25) is 19.4 Å². The van der Waals surface area contributed by atoms with Crippen LogP contribution in [0.3, 0.4) is 0 Å². The molecule has 1 N–H and O–H groups in total. The Morgan fingerprint density at radius 2 is 1.96 bits per heavy atom. The van der Waals surface area contributed by atoms with Gasteiger partial charge in [-0.2, -0.15) is 0 Å². The third-order valence-corrected chi connectivity index (χ3v) is 8.57. The molecule has 2 atom stereocenters. The summed E-state index contributed by atoms with van der Waals surface area (Å²) in [6.45, 7) is 4.34. The number of carbonyl (C=O) groups is 3. The number of anilines is 2. The highest BCUT2D eigenvalue weighted by Gasteiger charge is 2.40. The maximum atomic E-state index is 14.8. The molecule has 4 heterocycles. The summed E-state index contributed by atoms with van der Waals surface area (Å²) >= 11 is 0. The molecule has 0 bridgehead atoms. The number of likely N-dealkylation sites (tertiary alicyclic amines) is 1. The van der Waals surface area contributed by atoms with Crippen molar-refractivity contribution in [1.29, 1.82) is 0 Å². The molecular formula is C35H35FN6O3. The van der Waals surface area contributed by atoms with Crippen molar-refractivity contribution in [3.05, 3.63) is 95.3 Å². The molecule has 2 amide bonds. The summed E-state index contributed by atoms with van der Waals surface area (Å²) in [5, 5.41) is 3.71. The van der Waals surface area contributed by atoms with E-state index in [1.165, 1.54) is 11.8 Å². The third-order valence-electron chi connectivity index (χ3n) is 8.57. The van der Waals surface area contributed by atoms with Crippen molar-refractivity contribution in [3.63, 3.8) is 0 Å². The van der Waals surface area contributed by atoms with Crippen molar-refractivity contribution in [2.75, 3.05) is 23.8 Å². The minimum Gasteiger partial charge on any atom is -0.348 e. The van der Waals surface area contributed by atoms with E-state index in [9.17, 15) is 18.8 Å². The zero-order valence-corrected chi connectivity index (χ0v) is 25.5. The fourth-order valence-electron chi connectivity index (χ4n) is 6.35. The molecule has 6 rings (SSSR count). The average molecular weight is 607 g/mol. The van der Waals surface area contributed by atoms with Gasteiger partial charge in [-0.15, -0.1) is 0 Å². The summed E-state index contributed by atoms with van der Waals surface area (Å²) in [5.41, 5.74) is 5.70. The molecule has 10 heteroatoms. The standard InChI is InChI=1S/C35H35FN6O3/c1-4-23(16-37-3)24-11-12-31-27(14-24)28(22(2)43)19-40(31)21-34(44)42-18-26(36)15-32(42)35(45)39-30-9-7-8-25-17-41(20-29(25)30)33-10-5-6-13-38-33/h4-14,16,19,26,32H,15,17-18,20-21H2,1-3H3,(H,39,45)/b23-4+,37-16?/t26-,32+/m1/s1. The molecule has 2 aromatic heterocycles. The molecule has 4 aromatic rings. The van der Waals surface area contributed by atoms with Crippen LogP contribution < -0.4 is 10.2 Å². The highest BCUT2D eigenvalue weighted by Crippen LogP contribution is 2.33. The maximum Gasteiger partial charge on any atom is 0.247 e. The summed E-state index contributed by atoms with van der Waals surface area (Å²) in [6, 6.07) is 16.2. The molecule has 45 heavy (non-hydrogen) atoms. The highest BCUT2D eigenvalue weighted by atomic mass is 19.1. The molecule has 1 fully saturated rings. The van der Waals surface area contributed by atoms with E-state index in [0.717, 1.165) is 28.1 Å². The number of halogens is 1. The maximum absolute atomic E-state index is 14.8. The summed E-state index contributed by atoms with van der Waals surface area (Å²) < 4.78 is 16.5. The second-order valence-electron chi connectivity index (χ2n) is 11.5. The van der Waals surface area contributed by atoms with Crippen LogP contribution in [0.1, 0.15) is 47.3 Å². The van der Waals surface area contributed by atoms with Crippen LogP contribution in [0.5, 0.6) is 0 Å². The SMILES string of the molecule is C/C=C(\C=NC)c1ccc2c(c1)c(C(C)=O)cn2CC(=O)N1C[C@H](F)C[C@H]1C(=O)Nc1cccc2c1CN(c1ccccn1)C2. The lowest BCUT2D eigenvalue weighted by Crippen LogP contribution is -2.44. The van der Waals surface area contributed by atoms with Gasteiger partial charge in [0, 0.05) is 67.3 Å². The number of aliphatic imine (C=N–C) groups is 1. The van der Waals surface area contributed by atoms with Gasteiger partial charge >= 0.3 is 0 Å². The number of nitrogens with one attached hydrogen (secondary N) is 1. The van der Waals surface area contributed by atoms with E-state index < -0.39 is 24.0 Å². The van der Waals surface area contributed by atoms with Crippen LogP contribution in [0.2, 0.25) is 0 Å². The van der Waals surface area contributed by atoms with Crippen LogP contribution in [-0.4, -0.2) is 64.1 Å². The molecule has 230 valence electrons. The van der Waals surface area contributed by atoms with E-state index in [4.69, 9.17) is 0 Å². The third kappa shape index (κ3) is 5.87. The van der Waals surface area contributed by atoms with Crippen molar-refractivity contribution < 1.29 is 18.8 Å². The molecule has 1 saturated heterocycles. The number of hydrogen-bond acceptors (Lipinski definition) is 6. The minimum atomic E-state index is -1.32. The van der Waals surface area contributed by atoms with Gasteiger partial charge in [0.25, 0.3) is 0 Å². The zero-order valence-electron chi connectivity index (χ0n) is 25.5. The van der Waals surface area contributed by atoms with Crippen molar-refractivity contribution >= 4 is 51.8 Å². The Morgan fingerprint density at radius 3 is 2.69 bits per heavy atom. The monoisotopic (exact) mass is 606 g/mol. The van der Waals surface area contributed by atoms with E-state index in [1.54, 1.807) is 30.2 Å². The Kier molecular flexibility index (Phi) is 8.30. The number of pyridine rings is 1. The van der Waals surface area contributed by atoms with Crippen molar-refractivity contribution in [2.24, 2.45) is 4.99 Å². The summed E-state index contributed by atoms with van der Waals surface area (Å²) in [6.07, 6.45) is 5.71. The van der Waals surface area contributed by atoms with E-state index in [0.29, 0.717) is 35.2 Å². The first kappa shape index (κ1) is 29.9. The largest absolute Gasteiger partial charge is 0.348 e. The Hall–Kier alpha value is -5.12. The zero-order chi connectivity index (χ0) is 31.7. The molecule has 2 aromatic carbocycles. The van der Waals surface area contributed by atoms with Crippen molar-refractivity contribution in [1.82, 2.24) is 14.5 Å². The summed E-state index contributed by atoms with van der Waals surface area (Å²) in [7, 11) is 1.70. The van der Waals surface area contributed by atoms with Crippen molar-refractivity contribution in [3.8, 4) is 0 Å². The number of alkyl halides is 1. The highest BCUT2D eigenvalue weighted by molar-refractivity contribution is 6.13. The van der Waals surface area contributed by atoms with E-state index >= 15 is 0 Å². The molecule has 2 aliphatic heterocycles. The fourth-order valence-corrected chi connectivity index (χ4v) is 6.35. The van der Waals surface area contributed by atoms with Gasteiger partial charge in [0.1, 0.15) is 24.6 Å². The molecule has 0 aliphatic carbocycles. The van der Waals surface area contributed by atoms with E-state index in [1.807, 2.05) is 67.6 Å². The quantitative estimate of drug-likeness (QED) is 0.213. The number of benzene rings is 2. The number of nitrogens with zero attached hydrogens (tertiary/aromatic N) is 5. The molecule has 0 unspecified atom stereocenters. The Labute approximate surface area is 261 Å². The molecule has 0 spiro atoms. The molecule has 2 aliphatic rings. The smallest absolute Gasteiger partial charge is 0.247 e.